The average molecular weight is 282 g/mol. The van der Waals surface area contributed by atoms with Gasteiger partial charge in [-0.05, 0) is 34.0 Å². The second kappa shape index (κ2) is 5.41. The van der Waals surface area contributed by atoms with Crippen molar-refractivity contribution in [3.8, 4) is 22.3 Å². The van der Waals surface area contributed by atoms with Gasteiger partial charge in [0.15, 0.2) is 0 Å². The maximum atomic E-state index is 4.24. The van der Waals surface area contributed by atoms with Gasteiger partial charge in [0.2, 0.25) is 0 Å². The van der Waals surface area contributed by atoms with Crippen LogP contribution in [0.1, 0.15) is 0 Å². The molecule has 0 amide bonds. The predicted molar refractivity (Wildman–Crippen MR) is 90.4 cm³/mol. The van der Waals surface area contributed by atoms with Crippen molar-refractivity contribution in [2.45, 2.75) is 0 Å². The first-order chi connectivity index (χ1) is 10.9. The Kier molecular flexibility index (Phi) is 3.13. The smallest absolute Gasteiger partial charge is 0.0346 e. The number of nitrogens with zero attached hydrogens (tertiary/aromatic N) is 2. The van der Waals surface area contributed by atoms with Crippen LogP contribution in [0.3, 0.4) is 0 Å². The van der Waals surface area contributed by atoms with Crippen LogP contribution in [-0.4, -0.2) is 9.97 Å². The Morgan fingerprint density at radius 3 is 1.41 bits per heavy atom. The minimum atomic E-state index is 1.14. The van der Waals surface area contributed by atoms with Gasteiger partial charge in [-0.25, -0.2) is 0 Å². The van der Waals surface area contributed by atoms with Gasteiger partial charge in [0.1, 0.15) is 0 Å². The lowest BCUT2D eigenvalue weighted by Gasteiger charge is -2.11. The summed E-state index contributed by atoms with van der Waals surface area (Å²) in [6.07, 6.45) is 7.42. The van der Waals surface area contributed by atoms with E-state index in [1.54, 1.807) is 12.4 Å². The van der Waals surface area contributed by atoms with E-state index in [1.165, 1.54) is 21.9 Å². The molecule has 0 aliphatic carbocycles. The third kappa shape index (κ3) is 2.15. The second-order valence-corrected chi connectivity index (χ2v) is 5.19. The van der Waals surface area contributed by atoms with E-state index in [0.717, 1.165) is 11.1 Å². The molecule has 0 saturated heterocycles. The van der Waals surface area contributed by atoms with Gasteiger partial charge < -0.3 is 0 Å². The fourth-order valence-electron chi connectivity index (χ4n) is 2.85. The fraction of sp³-hybridized carbons (Fsp3) is 0. The molecule has 0 aliphatic rings. The van der Waals surface area contributed by atoms with Crippen LogP contribution in [0.2, 0.25) is 0 Å². The Morgan fingerprint density at radius 2 is 1.00 bits per heavy atom. The average Bonchev–Trinajstić information content (AvgIpc) is 2.62. The number of aromatic nitrogens is 2. The zero-order chi connectivity index (χ0) is 14.8. The number of pyridine rings is 2. The van der Waals surface area contributed by atoms with Crippen molar-refractivity contribution in [1.82, 2.24) is 9.97 Å². The molecular weight excluding hydrogens is 268 g/mol. The van der Waals surface area contributed by atoms with Gasteiger partial charge in [-0.2, -0.15) is 0 Å². The molecule has 0 spiro atoms. The summed E-state index contributed by atoms with van der Waals surface area (Å²) in [7, 11) is 0. The Bertz CT molecular complexity index is 838. The summed E-state index contributed by atoms with van der Waals surface area (Å²) in [5, 5.41) is 2.47. The van der Waals surface area contributed by atoms with Crippen LogP contribution in [0, 0.1) is 0 Å². The molecule has 104 valence electrons. The van der Waals surface area contributed by atoms with Crippen LogP contribution in [0.5, 0.6) is 0 Å². The van der Waals surface area contributed by atoms with Crippen LogP contribution in [0.15, 0.2) is 85.5 Å². The predicted octanol–water partition coefficient (Wildman–Crippen LogP) is 4.96. The molecule has 0 unspecified atom stereocenters. The lowest BCUT2D eigenvalue weighted by atomic mass is 9.93. The van der Waals surface area contributed by atoms with Crippen molar-refractivity contribution >= 4 is 10.8 Å². The molecule has 2 heterocycles. The highest BCUT2D eigenvalue weighted by atomic mass is 14.6. The molecule has 2 nitrogen and oxygen atoms in total. The van der Waals surface area contributed by atoms with Crippen LogP contribution < -0.4 is 0 Å². The molecular formula is C20H14N2. The maximum Gasteiger partial charge on any atom is 0.0346 e. The summed E-state index contributed by atoms with van der Waals surface area (Å²) in [6, 6.07) is 21.0. The largest absolute Gasteiger partial charge is 0.264 e. The standard InChI is InChI=1S/C20H14N2/c1-2-8-20-18(16-6-4-12-22-14-16)10-9-17(19(20)7-1)15-5-3-11-21-13-15/h1-14H. The van der Waals surface area contributed by atoms with Crippen molar-refractivity contribution in [3.63, 3.8) is 0 Å². The van der Waals surface area contributed by atoms with Crippen LogP contribution in [0.4, 0.5) is 0 Å². The molecule has 0 atom stereocenters. The first-order valence-electron chi connectivity index (χ1n) is 7.26. The fourth-order valence-corrected chi connectivity index (χ4v) is 2.85. The minimum absolute atomic E-state index is 1.14. The van der Waals surface area contributed by atoms with Crippen LogP contribution in [-0.2, 0) is 0 Å². The minimum Gasteiger partial charge on any atom is -0.264 e. The van der Waals surface area contributed by atoms with Gasteiger partial charge in [0, 0.05) is 35.9 Å². The third-order valence-corrected chi connectivity index (χ3v) is 3.87. The van der Waals surface area contributed by atoms with Gasteiger partial charge >= 0.3 is 0 Å². The van der Waals surface area contributed by atoms with E-state index in [0.29, 0.717) is 0 Å². The highest BCUT2D eigenvalue weighted by molar-refractivity contribution is 6.04. The van der Waals surface area contributed by atoms with E-state index in [4.69, 9.17) is 0 Å². The molecule has 0 radical (unpaired) electrons. The van der Waals surface area contributed by atoms with E-state index < -0.39 is 0 Å². The van der Waals surface area contributed by atoms with Gasteiger partial charge in [0.05, 0.1) is 0 Å². The van der Waals surface area contributed by atoms with Gasteiger partial charge in [-0.1, -0.05) is 48.5 Å². The normalized spacial score (nSPS) is 10.7. The number of hydrogen-bond donors (Lipinski definition) is 0. The van der Waals surface area contributed by atoms with E-state index in [2.05, 4.69) is 58.5 Å². The zero-order valence-electron chi connectivity index (χ0n) is 12.0. The van der Waals surface area contributed by atoms with Gasteiger partial charge in [-0.3, -0.25) is 9.97 Å². The lowest BCUT2D eigenvalue weighted by molar-refractivity contribution is 1.33. The number of benzene rings is 2. The summed E-state index contributed by atoms with van der Waals surface area (Å²) in [5.74, 6) is 0. The zero-order valence-corrected chi connectivity index (χ0v) is 12.0. The first kappa shape index (κ1) is 12.7. The van der Waals surface area contributed by atoms with Crippen molar-refractivity contribution in [3.05, 3.63) is 85.5 Å². The molecule has 2 aromatic carbocycles. The Morgan fingerprint density at radius 1 is 0.500 bits per heavy atom. The summed E-state index contributed by atoms with van der Waals surface area (Å²) in [4.78, 5) is 8.48. The number of fused-ring (bicyclic) bond motifs is 1. The van der Waals surface area contributed by atoms with Crippen molar-refractivity contribution in [1.29, 1.82) is 0 Å². The molecule has 0 fully saturated rings. The second-order valence-electron chi connectivity index (χ2n) is 5.19. The Labute approximate surface area is 129 Å². The molecule has 0 aliphatic heterocycles. The summed E-state index contributed by atoms with van der Waals surface area (Å²) < 4.78 is 0. The third-order valence-electron chi connectivity index (χ3n) is 3.87. The maximum absolute atomic E-state index is 4.24. The van der Waals surface area contributed by atoms with E-state index in [9.17, 15) is 0 Å². The van der Waals surface area contributed by atoms with Crippen molar-refractivity contribution in [2.75, 3.05) is 0 Å². The quantitative estimate of drug-likeness (QED) is 0.519. The van der Waals surface area contributed by atoms with Crippen molar-refractivity contribution in [2.24, 2.45) is 0 Å². The monoisotopic (exact) mass is 282 g/mol. The molecule has 2 heteroatoms. The van der Waals surface area contributed by atoms with Gasteiger partial charge in [-0.15, -0.1) is 0 Å². The van der Waals surface area contributed by atoms with E-state index >= 15 is 0 Å². The molecule has 4 aromatic rings. The Balaban J connectivity index is 2.01. The topological polar surface area (TPSA) is 25.8 Å². The summed E-state index contributed by atoms with van der Waals surface area (Å²) in [5.41, 5.74) is 4.68. The van der Waals surface area contributed by atoms with Crippen LogP contribution >= 0.6 is 0 Å². The van der Waals surface area contributed by atoms with E-state index in [1.807, 2.05) is 24.5 Å². The highest BCUT2D eigenvalue weighted by Crippen LogP contribution is 2.34. The molecule has 0 bridgehead atoms. The van der Waals surface area contributed by atoms with Gasteiger partial charge in [0.25, 0.3) is 0 Å². The first-order valence-corrected chi connectivity index (χ1v) is 7.26. The summed E-state index contributed by atoms with van der Waals surface area (Å²) in [6.45, 7) is 0. The molecule has 2 aromatic heterocycles. The van der Waals surface area contributed by atoms with Crippen molar-refractivity contribution < 1.29 is 0 Å². The highest BCUT2D eigenvalue weighted by Gasteiger charge is 2.09. The molecule has 0 N–H and O–H groups in total. The SMILES string of the molecule is c1cncc(-c2ccc(-c3cccnc3)c3ccccc23)c1. The number of rotatable bonds is 2. The molecule has 4 rings (SSSR count). The summed E-state index contributed by atoms with van der Waals surface area (Å²) >= 11 is 0. The van der Waals surface area contributed by atoms with Crippen LogP contribution in [0.25, 0.3) is 33.0 Å². The molecule has 22 heavy (non-hydrogen) atoms. The molecule has 0 saturated carbocycles. The Hall–Kier alpha value is -3.00. The number of hydrogen-bond acceptors (Lipinski definition) is 2. The van der Waals surface area contributed by atoms with E-state index in [-0.39, 0.29) is 0 Å². The lowest BCUT2D eigenvalue weighted by Crippen LogP contribution is -1.86.